The third kappa shape index (κ3) is 4.23. The lowest BCUT2D eigenvalue weighted by molar-refractivity contribution is 1.62. The molecule has 0 unspecified atom stereocenters. The molecule has 0 fully saturated rings. The monoisotopic (exact) mass is 599 g/mol. The van der Waals surface area contributed by atoms with Gasteiger partial charge in [0, 0.05) is 0 Å². The third-order valence-electron chi connectivity index (χ3n) is 8.27. The van der Waals surface area contributed by atoms with Crippen LogP contribution in [-0.2, 0) is 0 Å². The Labute approximate surface area is 292 Å². The van der Waals surface area contributed by atoms with Crippen molar-refractivity contribution >= 4 is 43.1 Å². The van der Waals surface area contributed by atoms with Crippen molar-refractivity contribution in [2.45, 2.75) is 0 Å². The summed E-state index contributed by atoms with van der Waals surface area (Å²) in [5.74, 6) is 0. The molecule has 0 aromatic heterocycles. The van der Waals surface area contributed by atoms with Crippen molar-refractivity contribution in [3.8, 4) is 44.5 Å². The molecular weight excluding hydrogens is 553 g/mol. The molecule has 0 atom stereocenters. The van der Waals surface area contributed by atoms with Crippen molar-refractivity contribution in [1.29, 1.82) is 0 Å². The van der Waals surface area contributed by atoms with E-state index in [4.69, 9.17) is 12.3 Å². The molecule has 0 N–H and O–H groups in total. The minimum absolute atomic E-state index is 0.0948. The summed E-state index contributed by atoms with van der Waals surface area (Å²) >= 11 is 0. The largest absolute Gasteiger partial charge is 0.0629 e. The van der Waals surface area contributed by atoms with Crippen molar-refractivity contribution in [1.82, 2.24) is 0 Å². The average molecular weight is 600 g/mol. The summed E-state index contributed by atoms with van der Waals surface area (Å²) in [4.78, 5) is 0. The summed E-state index contributed by atoms with van der Waals surface area (Å²) in [5.41, 5.74) is -0.0754. The van der Waals surface area contributed by atoms with E-state index in [1.54, 1.807) is 12.1 Å². The summed E-state index contributed by atoms with van der Waals surface area (Å²) in [6.45, 7) is 0. The zero-order valence-electron chi connectivity index (χ0n) is 41.0. The maximum absolute atomic E-state index is 9.59. The molecule has 0 nitrogen and oxygen atoms in total. The van der Waals surface area contributed by atoms with E-state index < -0.39 is 147 Å². The van der Waals surface area contributed by atoms with Crippen LogP contribution in [0, 0.1) is 0 Å². The lowest BCUT2D eigenvalue weighted by Crippen LogP contribution is -1.91. The fourth-order valence-electron chi connectivity index (χ4n) is 6.28. The van der Waals surface area contributed by atoms with Crippen molar-refractivity contribution in [2.24, 2.45) is 0 Å². The van der Waals surface area contributed by atoms with Gasteiger partial charge in [0.05, 0.1) is 23.3 Å². The molecule has 214 valence electrons. The van der Waals surface area contributed by atoms with E-state index in [1.807, 2.05) is 66.7 Å². The molecule has 9 aromatic carbocycles. The van der Waals surface area contributed by atoms with Crippen LogP contribution in [0.3, 0.4) is 0 Å². The van der Waals surface area contributed by atoms with Gasteiger partial charge in [0.1, 0.15) is 0 Å². The topological polar surface area (TPSA) is 0 Å². The highest BCUT2D eigenvalue weighted by Crippen LogP contribution is 2.44. The summed E-state index contributed by atoms with van der Waals surface area (Å²) in [6, 6.07) is 11.8. The predicted molar refractivity (Wildman–Crippen MR) is 198 cm³/mol. The number of hydrogen-bond donors (Lipinski definition) is 0. The second-order valence-corrected chi connectivity index (χ2v) is 10.7. The van der Waals surface area contributed by atoms with Gasteiger partial charge in [-0.25, -0.2) is 0 Å². The van der Waals surface area contributed by atoms with Gasteiger partial charge in [-0.2, -0.15) is 0 Å². The first-order chi connectivity index (χ1) is 29.9. The highest BCUT2D eigenvalue weighted by molar-refractivity contribution is 6.21. The molecule has 0 heteroatoms. The van der Waals surface area contributed by atoms with Gasteiger partial charge in [-0.05, 0) is 87.6 Å². The van der Waals surface area contributed by atoms with Crippen LogP contribution < -0.4 is 0 Å². The molecule has 0 aliphatic carbocycles. The van der Waals surface area contributed by atoms with Crippen molar-refractivity contribution in [3.05, 3.63) is 182 Å². The van der Waals surface area contributed by atoms with Gasteiger partial charge >= 0.3 is 0 Å². The Bertz CT molecular complexity index is 3400. The Morgan fingerprint density at radius 3 is 1.35 bits per heavy atom. The summed E-state index contributed by atoms with van der Waals surface area (Å²) in [5, 5.41) is 1.37. The van der Waals surface area contributed by atoms with Crippen LogP contribution in [0.15, 0.2) is 182 Å². The molecule has 0 saturated carbocycles. The smallest absolute Gasteiger partial charge is 0.0622 e. The average Bonchev–Trinajstić information content (AvgIpc) is 3.29. The molecule has 0 saturated heterocycles. The fraction of sp³-hybridized carbons (Fsp3) is 0. The van der Waals surface area contributed by atoms with Crippen molar-refractivity contribution in [2.75, 3.05) is 0 Å². The van der Waals surface area contributed by atoms with Gasteiger partial charge in [-0.3, -0.25) is 0 Å². The Hall–Kier alpha value is -5.98. The van der Waals surface area contributed by atoms with Gasteiger partial charge < -0.3 is 0 Å². The van der Waals surface area contributed by atoms with Crippen LogP contribution in [-0.4, -0.2) is 0 Å². The Morgan fingerprint density at radius 1 is 0.283 bits per heavy atom. The number of hydrogen-bond acceptors (Lipinski definition) is 0. The normalized spacial score (nSPS) is 16.7. The van der Waals surface area contributed by atoms with E-state index in [-0.39, 0.29) is 5.56 Å². The van der Waals surface area contributed by atoms with E-state index in [2.05, 4.69) is 0 Å². The van der Waals surface area contributed by atoms with Crippen LogP contribution in [0.2, 0.25) is 0 Å². The van der Waals surface area contributed by atoms with E-state index in [0.29, 0.717) is 10.9 Å². The Kier molecular flexibility index (Phi) is 3.41. The lowest BCUT2D eigenvalue weighted by atomic mass is 9.85. The first-order valence-corrected chi connectivity index (χ1v) is 14.6. The zero-order valence-corrected chi connectivity index (χ0v) is 24.0. The molecule has 0 amide bonds. The Balaban J connectivity index is 1.45. The van der Waals surface area contributed by atoms with Crippen LogP contribution in [0.5, 0.6) is 0 Å². The lowest BCUT2D eigenvalue weighted by Gasteiger charge is -2.18. The molecule has 0 heterocycles. The maximum Gasteiger partial charge on any atom is 0.0629 e. The van der Waals surface area contributed by atoms with Gasteiger partial charge in [0.25, 0.3) is 0 Å². The molecule has 0 bridgehead atoms. The number of benzene rings is 9. The molecule has 0 radical (unpaired) electrons. The summed E-state index contributed by atoms with van der Waals surface area (Å²) < 4.78 is 153. The maximum atomic E-state index is 9.59. The minimum atomic E-state index is -0.819. The third-order valence-corrected chi connectivity index (χ3v) is 8.27. The Morgan fingerprint density at radius 2 is 0.717 bits per heavy atom. The molecule has 0 aliphatic heterocycles. The van der Waals surface area contributed by atoms with Crippen LogP contribution >= 0.6 is 0 Å². The predicted octanol–water partition coefficient (Wildman–Crippen LogP) is 13.0. The highest BCUT2D eigenvalue weighted by atomic mass is 14.2. The molecular formula is C46H30. The molecule has 0 aliphatic rings. The van der Waals surface area contributed by atoms with Crippen LogP contribution in [0.4, 0.5) is 0 Å². The molecule has 0 spiro atoms. The highest BCUT2D eigenvalue weighted by Gasteiger charge is 2.17. The minimum Gasteiger partial charge on any atom is -0.0622 e. The van der Waals surface area contributed by atoms with Crippen molar-refractivity contribution < 1.29 is 23.3 Å². The molecule has 46 heavy (non-hydrogen) atoms. The van der Waals surface area contributed by atoms with Gasteiger partial charge in [0.2, 0.25) is 0 Å². The van der Waals surface area contributed by atoms with Crippen LogP contribution in [0.1, 0.15) is 23.3 Å². The standard InChI is InChI=1S/C46H30/c1-2-14-33(15-3-1)45-41-20-8-10-22-43(41)46(44-23-11-9-21-42(44)45)34-27-25-32(26-28-34)36-29-30-40(39-19-7-6-18-37(36)39)38-24-12-16-31-13-4-5-17-35(31)38/h1-30H/i1D,2D,3D,8D,9D,10D,11D,14D,15D,20D,21D,22D,23D,25D,26D,27D,28D. The van der Waals surface area contributed by atoms with Gasteiger partial charge in [0.15, 0.2) is 0 Å². The quantitative estimate of drug-likeness (QED) is 0.177. The van der Waals surface area contributed by atoms with Crippen LogP contribution in [0.25, 0.3) is 87.6 Å². The van der Waals surface area contributed by atoms with Gasteiger partial charge in [-0.1, -0.05) is 182 Å². The SMILES string of the molecule is [2H]c1c([2H])c([2H])c(-c2c3c([2H])c([2H])c([2H])c([2H])c3c(-c3c([2H])c([2H])c(-c4ccc(-c5cccc6ccccc56)c5ccccc45)c([2H])c3[2H])c3c([2H])c([2H])c([2H])c([2H])c23)c([2H])c1[2H]. The first-order valence-electron chi connectivity index (χ1n) is 23.1. The first kappa shape index (κ1) is 14.4. The van der Waals surface area contributed by atoms with E-state index >= 15 is 0 Å². The molecule has 9 rings (SSSR count). The van der Waals surface area contributed by atoms with Gasteiger partial charge in [-0.15, -0.1) is 0 Å². The molecule has 9 aromatic rings. The second-order valence-electron chi connectivity index (χ2n) is 10.7. The summed E-state index contributed by atoms with van der Waals surface area (Å²) in [6.07, 6.45) is 0. The summed E-state index contributed by atoms with van der Waals surface area (Å²) in [7, 11) is 0. The van der Waals surface area contributed by atoms with E-state index in [1.165, 1.54) is 0 Å². The zero-order chi connectivity index (χ0) is 45.2. The van der Waals surface area contributed by atoms with Crippen molar-refractivity contribution in [3.63, 3.8) is 0 Å². The van der Waals surface area contributed by atoms with E-state index in [0.717, 1.165) is 27.3 Å². The number of fused-ring (bicyclic) bond motifs is 4. The fourth-order valence-corrected chi connectivity index (χ4v) is 6.28. The second kappa shape index (κ2) is 10.9. The van der Waals surface area contributed by atoms with E-state index in [9.17, 15) is 11.0 Å². The number of rotatable bonds is 4.